The first-order valence-corrected chi connectivity index (χ1v) is 22.0. The van der Waals surface area contributed by atoms with Crippen LogP contribution in [0, 0.1) is 22.7 Å². The van der Waals surface area contributed by atoms with Crippen molar-refractivity contribution >= 4 is 41.5 Å². The van der Waals surface area contributed by atoms with Crippen LogP contribution in [0.1, 0.15) is 74.5 Å². The van der Waals surface area contributed by atoms with Gasteiger partial charge in [-0.25, -0.2) is 4.79 Å². The van der Waals surface area contributed by atoms with E-state index in [9.17, 15) is 24.3 Å². The van der Waals surface area contributed by atoms with Gasteiger partial charge in [-0.3, -0.25) is 33.9 Å². The van der Waals surface area contributed by atoms with Crippen LogP contribution in [0.25, 0.3) is 10.9 Å². The third kappa shape index (κ3) is 4.86. The van der Waals surface area contributed by atoms with Gasteiger partial charge < -0.3 is 33.8 Å². The van der Waals surface area contributed by atoms with E-state index in [0.29, 0.717) is 88.2 Å². The predicted molar refractivity (Wildman–Crippen MR) is 222 cm³/mol. The smallest absolute Gasteiger partial charge is 0.347 e. The number of fused-ring (bicyclic) bond motifs is 6. The van der Waals surface area contributed by atoms with Crippen molar-refractivity contribution in [2.45, 2.75) is 99.9 Å². The van der Waals surface area contributed by atoms with E-state index in [2.05, 4.69) is 33.0 Å². The molecule has 1 saturated carbocycles. The highest BCUT2D eigenvalue weighted by atomic mass is 16.7. The molecule has 2 aromatic rings. The van der Waals surface area contributed by atoms with Crippen molar-refractivity contribution in [2.24, 2.45) is 22.7 Å². The lowest BCUT2D eigenvalue weighted by atomic mass is 9.48. The summed E-state index contributed by atoms with van der Waals surface area (Å²) in [5.74, 6) is -2.75. The number of rotatable bonds is 9. The van der Waals surface area contributed by atoms with Gasteiger partial charge in [0.25, 0.3) is 5.60 Å². The van der Waals surface area contributed by atoms with E-state index in [0.717, 1.165) is 28.3 Å². The summed E-state index contributed by atoms with van der Waals surface area (Å²) in [5.41, 5.74) is -3.97. The summed E-state index contributed by atoms with van der Waals surface area (Å²) < 4.78 is 31.2. The van der Waals surface area contributed by atoms with Gasteiger partial charge in [-0.05, 0) is 86.4 Å². The molecule has 3 unspecified atom stereocenters. The lowest BCUT2D eigenvalue weighted by Crippen LogP contribution is -2.74. The second-order valence-corrected chi connectivity index (χ2v) is 19.0. The highest BCUT2D eigenvalue weighted by Gasteiger charge is 3.00. The number of carbonyl (C=O) groups is 5. The van der Waals surface area contributed by atoms with Crippen LogP contribution in [0.5, 0.6) is 0 Å². The van der Waals surface area contributed by atoms with E-state index in [-0.39, 0.29) is 12.3 Å². The van der Waals surface area contributed by atoms with Gasteiger partial charge in [0.1, 0.15) is 11.7 Å². The van der Waals surface area contributed by atoms with Crippen LogP contribution in [0.2, 0.25) is 0 Å². The number of esters is 3. The number of carbonyl (C=O) groups excluding carboxylic acids is 5. The largest absolute Gasteiger partial charge is 0.468 e. The number of aliphatic hydroxyl groups is 1. The van der Waals surface area contributed by atoms with Crippen LogP contribution in [0.15, 0.2) is 53.8 Å². The molecule has 2 aliphatic carbocycles. The molecule has 7 heterocycles. The van der Waals surface area contributed by atoms with Gasteiger partial charge in [0.05, 0.1) is 31.3 Å². The Kier molecular flexibility index (Phi) is 9.28. The number of aromatic nitrogens is 1. The summed E-state index contributed by atoms with van der Waals surface area (Å²) >= 11 is 0. The lowest BCUT2D eigenvalue weighted by molar-refractivity contribution is -0.183. The molecular formula is C47H56N4O11. The Morgan fingerprint density at radius 1 is 1.03 bits per heavy atom. The summed E-state index contributed by atoms with van der Waals surface area (Å²) in [4.78, 5) is 79.1. The second-order valence-electron chi connectivity index (χ2n) is 19.0. The Morgan fingerprint density at radius 2 is 1.82 bits per heavy atom. The topological polar surface area (TPSA) is 181 Å². The molecule has 15 nitrogen and oxygen atoms in total. The number of epoxide rings is 1. The van der Waals surface area contributed by atoms with E-state index in [1.165, 1.54) is 26.0 Å². The molecule has 1 aromatic heterocycles. The number of hydrogen-bond acceptors (Lipinski definition) is 13. The van der Waals surface area contributed by atoms with Crippen LogP contribution in [0.3, 0.4) is 0 Å². The van der Waals surface area contributed by atoms with Gasteiger partial charge in [0, 0.05) is 85.4 Å². The van der Waals surface area contributed by atoms with E-state index < -0.39 is 75.2 Å². The fourth-order valence-corrected chi connectivity index (χ4v) is 14.3. The predicted octanol–water partition coefficient (Wildman–Crippen LogP) is 3.34. The van der Waals surface area contributed by atoms with Crippen molar-refractivity contribution in [3.05, 3.63) is 70.6 Å². The first kappa shape index (κ1) is 41.3. The number of aldehydes is 1. The first-order chi connectivity index (χ1) is 29.8. The molecule has 2 N–H and O–H groups in total. The number of allylic oxidation sites excluding steroid dienone is 1. The Morgan fingerprint density at radius 3 is 2.50 bits per heavy atom. The van der Waals surface area contributed by atoms with Gasteiger partial charge in [0.2, 0.25) is 12.1 Å². The molecule has 2 spiro atoms. The standard InChI is InChI=1S/C47H56N4O11/c1-7-42(57)21-29-22-44(40(55)59-5,37-30(12-16-49(23-29)25-42)31-18-28(24-52)10-11-34(31)48-37)33-19-32-35(20-36(33)58-4)51(26-53)47-45(32)14-17-50-15-9-13-43(8-2,38(45)50)39(61-27(3)54)46(47,62-47)41(56)60-6/h9-11,13,18-20,24,26,29,33,36,38-39,48,57H,7-8,12,14-17,21-23,25H2,1-6H3/t29-,33?,36?,38+,39-,42+,43-,44+,45-,46+,47+/m1/s1. The number of methoxy groups -OCH3 is 3. The third-order valence-electron chi connectivity index (χ3n) is 16.6. The third-order valence-corrected chi connectivity index (χ3v) is 16.6. The van der Waals surface area contributed by atoms with E-state index in [4.69, 9.17) is 23.7 Å². The second kappa shape index (κ2) is 13.9. The van der Waals surface area contributed by atoms with Crippen molar-refractivity contribution in [3.8, 4) is 0 Å². The fraction of sp³-hybridized carbons (Fsp3) is 0.596. The maximum absolute atomic E-state index is 15.5. The average Bonchev–Trinajstić information content (AvgIpc) is 3.50. The first-order valence-electron chi connectivity index (χ1n) is 22.0. The molecule has 6 aliphatic heterocycles. The monoisotopic (exact) mass is 852 g/mol. The molecule has 1 amide bonds. The van der Waals surface area contributed by atoms with Crippen molar-refractivity contribution < 1.29 is 52.8 Å². The van der Waals surface area contributed by atoms with Crippen LogP contribution < -0.4 is 0 Å². The molecule has 1 aromatic carbocycles. The number of benzene rings is 1. The molecule has 12 atom stereocenters. The molecule has 5 fully saturated rings. The minimum atomic E-state index is -1.90. The van der Waals surface area contributed by atoms with Crippen LogP contribution in [0.4, 0.5) is 0 Å². The van der Waals surface area contributed by atoms with Crippen molar-refractivity contribution in [3.63, 3.8) is 0 Å². The summed E-state index contributed by atoms with van der Waals surface area (Å²) in [6.07, 6.45) is 10.4. The SMILES string of the molecule is CC[C@]1(O)C[C@H]2CN(CCc3c([nH]c4ccc(C=O)cc34)[C@@](C(=O)OC)(C3C=C4C(=CC3OC)N(C=O)[C@@]35O[C@]3(C(=O)OC)[C@H](OC(C)=O)[C@]3(CC)C=CCN6CC[C@]45[C@@H]63)C2)C1. The Bertz CT molecular complexity index is 2390. The number of hydrogen-bond donors (Lipinski definition) is 2. The summed E-state index contributed by atoms with van der Waals surface area (Å²) in [6, 6.07) is 5.07. The quantitative estimate of drug-likeness (QED) is 0.124. The molecule has 62 heavy (non-hydrogen) atoms. The van der Waals surface area contributed by atoms with Crippen LogP contribution >= 0.6 is 0 Å². The van der Waals surface area contributed by atoms with Gasteiger partial charge in [-0.2, -0.15) is 0 Å². The summed E-state index contributed by atoms with van der Waals surface area (Å²) in [5, 5.41) is 12.9. The maximum atomic E-state index is 15.5. The molecule has 2 bridgehead atoms. The zero-order chi connectivity index (χ0) is 43.8. The summed E-state index contributed by atoms with van der Waals surface area (Å²) in [6.45, 7) is 8.25. The minimum Gasteiger partial charge on any atom is -0.468 e. The van der Waals surface area contributed by atoms with Gasteiger partial charge in [-0.15, -0.1) is 0 Å². The number of H-pyrrole nitrogens is 1. The number of piperidine rings is 1. The molecule has 330 valence electrons. The van der Waals surface area contributed by atoms with Crippen molar-refractivity contribution in [2.75, 3.05) is 54.1 Å². The van der Waals surface area contributed by atoms with Crippen LogP contribution in [-0.4, -0.2) is 145 Å². The Hall–Kier alpha value is -4.67. The highest BCUT2D eigenvalue weighted by molar-refractivity contribution is 5.95. The van der Waals surface area contributed by atoms with Gasteiger partial charge >= 0.3 is 17.9 Å². The normalized spacial score (nSPS) is 41.1. The zero-order valence-electron chi connectivity index (χ0n) is 36.2. The van der Waals surface area contributed by atoms with Gasteiger partial charge in [-0.1, -0.05) is 32.1 Å². The van der Waals surface area contributed by atoms with Crippen LogP contribution in [-0.2, 0) is 54.7 Å². The number of ether oxygens (including phenoxy) is 5. The summed E-state index contributed by atoms with van der Waals surface area (Å²) in [7, 11) is 4.24. The number of likely N-dealkylation sites (tertiary alicyclic amines) is 1. The molecule has 15 heteroatoms. The molecule has 4 saturated heterocycles. The van der Waals surface area contributed by atoms with E-state index in [1.807, 2.05) is 32.1 Å². The Labute approximate surface area is 360 Å². The molecule has 0 radical (unpaired) electrons. The number of amides is 1. The average molecular weight is 853 g/mol. The zero-order valence-corrected chi connectivity index (χ0v) is 36.2. The fourth-order valence-electron chi connectivity index (χ4n) is 14.3. The van der Waals surface area contributed by atoms with Crippen molar-refractivity contribution in [1.29, 1.82) is 0 Å². The molecule has 10 rings (SSSR count). The minimum absolute atomic E-state index is 0.160. The molecule has 8 aliphatic rings. The number of aromatic amines is 1. The maximum Gasteiger partial charge on any atom is 0.347 e. The van der Waals surface area contributed by atoms with E-state index in [1.54, 1.807) is 13.2 Å². The number of nitrogens with zero attached hydrogens (tertiary/aromatic N) is 3. The van der Waals surface area contributed by atoms with E-state index >= 15 is 4.79 Å². The number of nitrogens with one attached hydrogen (secondary N) is 1. The van der Waals surface area contributed by atoms with Crippen molar-refractivity contribution in [1.82, 2.24) is 19.7 Å². The Balaban J connectivity index is 1.27. The van der Waals surface area contributed by atoms with Gasteiger partial charge in [0.15, 0.2) is 6.10 Å². The highest BCUT2D eigenvalue weighted by Crippen LogP contribution is 2.82. The molecular weight excluding hydrogens is 797 g/mol. The lowest BCUT2D eigenvalue weighted by Gasteiger charge is -2.58.